The lowest BCUT2D eigenvalue weighted by Gasteiger charge is -2.05. The molecule has 0 aliphatic heterocycles. The highest BCUT2D eigenvalue weighted by Gasteiger charge is 2.11. The van der Waals surface area contributed by atoms with Crippen LogP contribution in [0.15, 0.2) is 30.5 Å². The number of carbonyl (C=O) groups is 1. The molecule has 0 aliphatic carbocycles. The Morgan fingerprint density at radius 2 is 2.00 bits per heavy atom. The van der Waals surface area contributed by atoms with Crippen molar-refractivity contribution >= 4 is 5.97 Å². The highest BCUT2D eigenvalue weighted by molar-refractivity contribution is 5.70. The van der Waals surface area contributed by atoms with Gasteiger partial charge < -0.3 is 9.67 Å². The number of carboxylic acid groups (broad SMARTS) is 1. The molecule has 0 aliphatic rings. The number of aryl methyl sites for hydroxylation is 1. The van der Waals surface area contributed by atoms with Gasteiger partial charge in [0, 0.05) is 24.5 Å². The van der Waals surface area contributed by atoms with E-state index in [-0.39, 0.29) is 6.42 Å². The molecule has 0 fully saturated rings. The van der Waals surface area contributed by atoms with Crippen molar-refractivity contribution in [3.05, 3.63) is 41.7 Å². The Labute approximate surface area is 106 Å². The third-order valence-corrected chi connectivity index (χ3v) is 3.04. The van der Waals surface area contributed by atoms with Crippen molar-refractivity contribution in [2.24, 2.45) is 7.05 Å². The van der Waals surface area contributed by atoms with Crippen LogP contribution in [0.5, 0.6) is 0 Å². The van der Waals surface area contributed by atoms with Crippen LogP contribution >= 0.6 is 0 Å². The van der Waals surface area contributed by atoms with E-state index in [1.807, 2.05) is 23.7 Å². The molecule has 18 heavy (non-hydrogen) atoms. The van der Waals surface area contributed by atoms with Crippen LogP contribution in [0.4, 0.5) is 0 Å². The molecule has 0 spiro atoms. The van der Waals surface area contributed by atoms with Gasteiger partial charge in [0.15, 0.2) is 0 Å². The van der Waals surface area contributed by atoms with Crippen LogP contribution in [0.2, 0.25) is 0 Å². The van der Waals surface area contributed by atoms with E-state index in [4.69, 9.17) is 5.11 Å². The lowest BCUT2D eigenvalue weighted by Crippen LogP contribution is -2.05. The van der Waals surface area contributed by atoms with Gasteiger partial charge in [0.1, 0.15) is 5.82 Å². The van der Waals surface area contributed by atoms with E-state index >= 15 is 0 Å². The number of imidazole rings is 1. The first-order chi connectivity index (χ1) is 8.61. The average molecular weight is 244 g/mol. The molecule has 94 valence electrons. The zero-order chi connectivity index (χ0) is 13.1. The summed E-state index contributed by atoms with van der Waals surface area (Å²) >= 11 is 0. The van der Waals surface area contributed by atoms with Crippen LogP contribution in [0.1, 0.15) is 18.2 Å². The quantitative estimate of drug-likeness (QED) is 0.897. The largest absolute Gasteiger partial charge is 0.481 e. The normalized spacial score (nSPS) is 10.6. The van der Waals surface area contributed by atoms with Gasteiger partial charge in [-0.15, -0.1) is 0 Å². The predicted molar refractivity (Wildman–Crippen MR) is 69.4 cm³/mol. The monoisotopic (exact) mass is 244 g/mol. The fourth-order valence-electron chi connectivity index (χ4n) is 1.92. The Hall–Kier alpha value is -2.10. The molecule has 0 unspecified atom stereocenters. The van der Waals surface area contributed by atoms with Gasteiger partial charge >= 0.3 is 5.97 Å². The Morgan fingerprint density at radius 1 is 1.33 bits per heavy atom. The second kappa shape index (κ2) is 5.04. The lowest BCUT2D eigenvalue weighted by molar-refractivity contribution is -0.136. The Kier molecular flexibility index (Phi) is 3.46. The van der Waals surface area contributed by atoms with Crippen LogP contribution in [-0.4, -0.2) is 20.6 Å². The van der Waals surface area contributed by atoms with Gasteiger partial charge in [-0.1, -0.05) is 31.2 Å². The molecule has 1 aromatic carbocycles. The molecular formula is C14H16N2O2. The van der Waals surface area contributed by atoms with Crippen LogP contribution in [0, 0.1) is 0 Å². The van der Waals surface area contributed by atoms with E-state index in [0.29, 0.717) is 5.69 Å². The number of hydrogen-bond donors (Lipinski definition) is 1. The summed E-state index contributed by atoms with van der Waals surface area (Å²) in [5.74, 6) is -0.0419. The van der Waals surface area contributed by atoms with E-state index < -0.39 is 5.97 Å². The number of rotatable bonds is 4. The topological polar surface area (TPSA) is 55.1 Å². The first kappa shape index (κ1) is 12.4. The summed E-state index contributed by atoms with van der Waals surface area (Å²) < 4.78 is 1.83. The van der Waals surface area contributed by atoms with Crippen molar-refractivity contribution in [2.75, 3.05) is 0 Å². The van der Waals surface area contributed by atoms with E-state index in [1.54, 1.807) is 6.20 Å². The average Bonchev–Trinajstić information content (AvgIpc) is 2.71. The highest BCUT2D eigenvalue weighted by Crippen LogP contribution is 2.19. The minimum atomic E-state index is -0.842. The van der Waals surface area contributed by atoms with Gasteiger partial charge in [0.25, 0.3) is 0 Å². The van der Waals surface area contributed by atoms with Gasteiger partial charge in [-0.2, -0.15) is 0 Å². The molecular weight excluding hydrogens is 228 g/mol. The molecule has 1 heterocycles. The molecule has 1 N–H and O–H groups in total. The second-order valence-corrected chi connectivity index (χ2v) is 4.25. The summed E-state index contributed by atoms with van der Waals surface area (Å²) in [6, 6.07) is 8.18. The van der Waals surface area contributed by atoms with Gasteiger partial charge in [0.2, 0.25) is 0 Å². The zero-order valence-corrected chi connectivity index (χ0v) is 10.6. The fourth-order valence-corrected chi connectivity index (χ4v) is 1.92. The number of aliphatic carboxylic acids is 1. The summed E-state index contributed by atoms with van der Waals surface area (Å²) in [4.78, 5) is 15.0. The van der Waals surface area contributed by atoms with Crippen LogP contribution in [0.3, 0.4) is 0 Å². The summed E-state index contributed by atoms with van der Waals surface area (Å²) in [6.45, 7) is 2.11. The molecule has 4 heteroatoms. The number of aromatic nitrogens is 2. The first-order valence-corrected chi connectivity index (χ1v) is 5.93. The van der Waals surface area contributed by atoms with Gasteiger partial charge in [-0.3, -0.25) is 4.79 Å². The molecule has 2 rings (SSSR count). The minimum Gasteiger partial charge on any atom is -0.481 e. The van der Waals surface area contributed by atoms with Crippen molar-refractivity contribution in [1.82, 2.24) is 9.55 Å². The van der Waals surface area contributed by atoms with Gasteiger partial charge in [-0.05, 0) is 12.0 Å². The Morgan fingerprint density at radius 3 is 2.56 bits per heavy atom. The van der Waals surface area contributed by atoms with Gasteiger partial charge in [0.05, 0.1) is 6.42 Å². The molecule has 1 aromatic heterocycles. The number of benzene rings is 1. The van der Waals surface area contributed by atoms with Gasteiger partial charge in [-0.25, -0.2) is 4.98 Å². The summed E-state index contributed by atoms with van der Waals surface area (Å²) in [6.07, 6.45) is 2.62. The zero-order valence-electron chi connectivity index (χ0n) is 10.6. The first-order valence-electron chi connectivity index (χ1n) is 5.93. The molecule has 0 amide bonds. The standard InChI is InChI=1S/C14H16N2O2/c1-3-10-4-6-11(7-5-10)14-15-9-12(16(14)2)8-13(17)18/h4-7,9H,3,8H2,1-2H3,(H,17,18). The molecule has 4 nitrogen and oxygen atoms in total. The van der Waals surface area contributed by atoms with E-state index in [2.05, 4.69) is 24.0 Å². The van der Waals surface area contributed by atoms with Crippen molar-refractivity contribution in [3.8, 4) is 11.4 Å². The number of carboxylic acids is 1. The molecule has 0 atom stereocenters. The predicted octanol–water partition coefficient (Wildman–Crippen LogP) is 2.28. The maximum atomic E-state index is 10.7. The van der Waals surface area contributed by atoms with Crippen molar-refractivity contribution in [2.45, 2.75) is 19.8 Å². The van der Waals surface area contributed by atoms with E-state index in [0.717, 1.165) is 17.8 Å². The SMILES string of the molecule is CCc1ccc(-c2ncc(CC(=O)O)n2C)cc1. The second-order valence-electron chi connectivity index (χ2n) is 4.25. The third-order valence-electron chi connectivity index (χ3n) is 3.04. The summed E-state index contributed by atoms with van der Waals surface area (Å²) in [5.41, 5.74) is 2.99. The molecule has 0 radical (unpaired) electrons. The maximum Gasteiger partial charge on any atom is 0.309 e. The molecule has 0 saturated carbocycles. The van der Waals surface area contributed by atoms with E-state index in [1.165, 1.54) is 5.56 Å². The number of nitrogens with zero attached hydrogens (tertiary/aromatic N) is 2. The summed E-state index contributed by atoms with van der Waals surface area (Å²) in [7, 11) is 1.84. The van der Waals surface area contributed by atoms with Crippen molar-refractivity contribution < 1.29 is 9.90 Å². The lowest BCUT2D eigenvalue weighted by atomic mass is 10.1. The molecule has 2 aromatic rings. The Bertz CT molecular complexity index is 556. The smallest absolute Gasteiger partial charge is 0.309 e. The van der Waals surface area contributed by atoms with E-state index in [9.17, 15) is 4.79 Å². The van der Waals surface area contributed by atoms with Crippen molar-refractivity contribution in [1.29, 1.82) is 0 Å². The van der Waals surface area contributed by atoms with Crippen LogP contribution < -0.4 is 0 Å². The minimum absolute atomic E-state index is 0.00343. The van der Waals surface area contributed by atoms with Crippen LogP contribution in [0.25, 0.3) is 11.4 Å². The third kappa shape index (κ3) is 2.42. The molecule has 0 saturated heterocycles. The molecule has 0 bridgehead atoms. The number of hydrogen-bond acceptors (Lipinski definition) is 2. The summed E-state index contributed by atoms with van der Waals surface area (Å²) in [5, 5.41) is 8.80. The van der Waals surface area contributed by atoms with Crippen molar-refractivity contribution in [3.63, 3.8) is 0 Å². The maximum absolute atomic E-state index is 10.7. The van der Waals surface area contributed by atoms with Crippen LogP contribution in [-0.2, 0) is 24.7 Å². The Balaban J connectivity index is 2.32. The fraction of sp³-hybridized carbons (Fsp3) is 0.286. The highest BCUT2D eigenvalue weighted by atomic mass is 16.4.